The Kier molecular flexibility index (Phi) is 10.3. The molecule has 36 heavy (non-hydrogen) atoms. The Bertz CT molecular complexity index is 1010. The number of rotatable bonds is 10. The molecule has 0 aliphatic carbocycles. The van der Waals surface area contributed by atoms with E-state index in [1.54, 1.807) is 0 Å². The van der Waals surface area contributed by atoms with E-state index in [4.69, 9.17) is 0 Å². The normalized spacial score (nSPS) is 19.2. The lowest BCUT2D eigenvalue weighted by Gasteiger charge is -2.33. The minimum Gasteiger partial charge on any atom is -0.389 e. The van der Waals surface area contributed by atoms with Crippen molar-refractivity contribution in [2.24, 2.45) is 5.92 Å². The number of amides is 4. The highest BCUT2D eigenvalue weighted by Crippen LogP contribution is 2.12. The highest BCUT2D eigenvalue weighted by molar-refractivity contribution is 7.92. The molecule has 1 heterocycles. The summed E-state index contributed by atoms with van der Waals surface area (Å²) in [5.74, 6) is -2.25. The molecule has 1 aromatic carbocycles. The summed E-state index contributed by atoms with van der Waals surface area (Å²) in [6, 6.07) is 6.82. The van der Waals surface area contributed by atoms with Crippen LogP contribution in [0.4, 0.5) is 4.79 Å². The Labute approximate surface area is 214 Å². The Balaban J connectivity index is 2.23. The predicted molar refractivity (Wildman–Crippen MR) is 138 cm³/mol. The van der Waals surface area contributed by atoms with E-state index >= 15 is 0 Å². The van der Waals surface area contributed by atoms with Crippen molar-refractivity contribution >= 4 is 27.7 Å². The number of hydrogen-bond donors (Lipinski definition) is 4. The second-order valence-corrected chi connectivity index (χ2v) is 13.0. The number of benzene rings is 1. The van der Waals surface area contributed by atoms with Crippen LogP contribution in [-0.4, -0.2) is 84.6 Å². The molecular formula is C25H40N4O6S. The minimum absolute atomic E-state index is 0.0399. The van der Waals surface area contributed by atoms with Gasteiger partial charge in [0, 0.05) is 12.1 Å². The Morgan fingerprint density at radius 2 is 1.83 bits per heavy atom. The number of hydrogen-bond acceptors (Lipinski definition) is 6. The largest absolute Gasteiger partial charge is 0.389 e. The van der Waals surface area contributed by atoms with E-state index in [0.29, 0.717) is 12.5 Å². The third kappa shape index (κ3) is 10.1. The average Bonchev–Trinajstić information content (AvgIpc) is 2.73. The lowest BCUT2D eigenvalue weighted by molar-refractivity contribution is -0.128. The van der Waals surface area contributed by atoms with Crippen LogP contribution in [0.1, 0.15) is 46.6 Å². The number of aliphatic hydroxyl groups excluding tert-OH is 1. The summed E-state index contributed by atoms with van der Waals surface area (Å²) in [6.07, 6.45) is -0.172. The van der Waals surface area contributed by atoms with Crippen LogP contribution in [0.3, 0.4) is 0 Å². The summed E-state index contributed by atoms with van der Waals surface area (Å²) in [7, 11) is -3.70. The van der Waals surface area contributed by atoms with Crippen molar-refractivity contribution in [1.29, 1.82) is 0 Å². The molecular weight excluding hydrogens is 484 g/mol. The van der Waals surface area contributed by atoms with Crippen LogP contribution in [0, 0.1) is 5.92 Å². The fourth-order valence-electron chi connectivity index (χ4n) is 3.81. The minimum atomic E-state index is -3.70. The summed E-state index contributed by atoms with van der Waals surface area (Å²) in [4.78, 5) is 39.3. The summed E-state index contributed by atoms with van der Waals surface area (Å²) in [6.45, 7) is 10.1. The zero-order valence-electron chi connectivity index (χ0n) is 21.8. The molecule has 0 unspecified atom stereocenters. The van der Waals surface area contributed by atoms with Gasteiger partial charge in [-0.3, -0.25) is 9.59 Å². The molecule has 1 fully saturated rings. The summed E-state index contributed by atoms with van der Waals surface area (Å²) in [5, 5.41) is 19.3. The lowest BCUT2D eigenvalue weighted by atomic mass is 10.00. The van der Waals surface area contributed by atoms with E-state index < -0.39 is 56.9 Å². The first-order chi connectivity index (χ1) is 16.6. The highest BCUT2D eigenvalue weighted by Gasteiger charge is 2.36. The zero-order valence-corrected chi connectivity index (χ0v) is 22.6. The van der Waals surface area contributed by atoms with Gasteiger partial charge in [0.2, 0.25) is 11.8 Å². The first-order valence-corrected chi connectivity index (χ1v) is 14.1. The van der Waals surface area contributed by atoms with Crippen molar-refractivity contribution in [1.82, 2.24) is 20.9 Å². The van der Waals surface area contributed by atoms with E-state index in [1.165, 1.54) is 4.90 Å². The smallest absolute Gasteiger partial charge is 0.317 e. The Morgan fingerprint density at radius 3 is 2.39 bits per heavy atom. The molecule has 0 saturated carbocycles. The summed E-state index contributed by atoms with van der Waals surface area (Å²) < 4.78 is 24.0. The van der Waals surface area contributed by atoms with Crippen molar-refractivity contribution < 1.29 is 27.9 Å². The predicted octanol–water partition coefficient (Wildman–Crippen LogP) is 0.844. The topological polar surface area (TPSA) is 145 Å². The lowest BCUT2D eigenvalue weighted by Crippen LogP contribution is -2.60. The highest BCUT2D eigenvalue weighted by atomic mass is 32.2. The fourth-order valence-corrected chi connectivity index (χ4v) is 5.15. The van der Waals surface area contributed by atoms with Crippen molar-refractivity contribution in [3.8, 4) is 0 Å². The molecule has 4 N–H and O–H groups in total. The van der Waals surface area contributed by atoms with Gasteiger partial charge in [0.15, 0.2) is 9.84 Å². The van der Waals surface area contributed by atoms with Crippen LogP contribution in [0.25, 0.3) is 0 Å². The molecule has 0 bridgehead atoms. The van der Waals surface area contributed by atoms with Crippen molar-refractivity contribution in [3.05, 3.63) is 35.9 Å². The van der Waals surface area contributed by atoms with Gasteiger partial charge in [-0.25, -0.2) is 13.2 Å². The molecule has 1 aromatic rings. The van der Waals surface area contributed by atoms with Gasteiger partial charge in [0.25, 0.3) is 0 Å². The maximum atomic E-state index is 13.0. The molecule has 1 aliphatic heterocycles. The number of aliphatic hydroxyl groups is 1. The number of sulfone groups is 1. The average molecular weight is 525 g/mol. The summed E-state index contributed by atoms with van der Waals surface area (Å²) >= 11 is 0. The third-order valence-corrected chi connectivity index (χ3v) is 7.21. The Hall–Kier alpha value is -2.66. The molecule has 10 nitrogen and oxygen atoms in total. The van der Waals surface area contributed by atoms with Crippen LogP contribution in [-0.2, 0) is 25.8 Å². The van der Waals surface area contributed by atoms with Crippen LogP contribution < -0.4 is 16.0 Å². The van der Waals surface area contributed by atoms with Crippen molar-refractivity contribution in [3.63, 3.8) is 0 Å². The Morgan fingerprint density at radius 1 is 1.19 bits per heavy atom. The van der Waals surface area contributed by atoms with E-state index in [1.807, 2.05) is 65.0 Å². The summed E-state index contributed by atoms with van der Waals surface area (Å²) in [5.41, 5.74) is 0.371. The van der Waals surface area contributed by atoms with Crippen molar-refractivity contribution in [2.75, 3.05) is 24.6 Å². The second-order valence-electron chi connectivity index (χ2n) is 10.9. The van der Waals surface area contributed by atoms with Crippen molar-refractivity contribution in [2.45, 2.75) is 71.2 Å². The number of nitrogens with zero attached hydrogens (tertiary/aromatic N) is 1. The van der Waals surface area contributed by atoms with E-state index in [9.17, 15) is 27.9 Å². The molecule has 1 aliphatic rings. The van der Waals surface area contributed by atoms with Gasteiger partial charge >= 0.3 is 6.03 Å². The monoisotopic (exact) mass is 524 g/mol. The van der Waals surface area contributed by atoms with Gasteiger partial charge in [0.05, 0.1) is 24.4 Å². The van der Waals surface area contributed by atoms with E-state index in [2.05, 4.69) is 16.0 Å². The zero-order chi connectivity index (χ0) is 27.1. The molecule has 3 atom stereocenters. The number of urea groups is 1. The van der Waals surface area contributed by atoms with E-state index in [-0.39, 0.29) is 19.0 Å². The SMILES string of the molecule is CC(C)CCN(C[C@@H](O)[C@H](Cc1ccccc1)NC(=O)[C@H]1CS(=O)(=O)CC(=O)N1)C(=O)NC(C)(C)C. The maximum Gasteiger partial charge on any atom is 0.317 e. The standard InChI is InChI=1S/C25H40N4O6S/c1-17(2)11-12-29(24(33)28-25(3,4)5)14-21(30)19(13-18-9-7-6-8-10-18)27-23(32)20-15-36(34,35)16-22(31)26-20/h6-10,17,19-21,30H,11-16H2,1-5H3,(H,26,31)(H,27,32)(H,28,33)/t19-,20+,21+/m0/s1. The van der Waals surface area contributed by atoms with Gasteiger partial charge in [0.1, 0.15) is 11.8 Å². The molecule has 4 amide bonds. The maximum absolute atomic E-state index is 13.0. The van der Waals surface area contributed by atoms with Gasteiger partial charge < -0.3 is 26.0 Å². The van der Waals surface area contributed by atoms with Gasteiger partial charge in [-0.05, 0) is 45.1 Å². The van der Waals surface area contributed by atoms with Crippen LogP contribution >= 0.6 is 0 Å². The molecule has 11 heteroatoms. The molecule has 202 valence electrons. The first-order valence-electron chi connectivity index (χ1n) is 12.2. The van der Waals surface area contributed by atoms with Gasteiger partial charge in [-0.2, -0.15) is 0 Å². The fraction of sp³-hybridized carbons (Fsp3) is 0.640. The number of carbonyl (C=O) groups is 3. The van der Waals surface area contributed by atoms with Crippen LogP contribution in [0.5, 0.6) is 0 Å². The third-order valence-electron chi connectivity index (χ3n) is 5.67. The number of nitrogens with one attached hydrogen (secondary N) is 3. The molecule has 1 saturated heterocycles. The first kappa shape index (κ1) is 29.6. The molecule has 2 rings (SSSR count). The van der Waals surface area contributed by atoms with Crippen LogP contribution in [0.2, 0.25) is 0 Å². The molecule has 0 spiro atoms. The molecule has 0 aromatic heterocycles. The second kappa shape index (κ2) is 12.5. The van der Waals surface area contributed by atoms with E-state index in [0.717, 1.165) is 12.0 Å². The molecule has 0 radical (unpaired) electrons. The van der Waals surface area contributed by atoms with Gasteiger partial charge in [-0.15, -0.1) is 0 Å². The number of carbonyl (C=O) groups excluding carboxylic acids is 3. The van der Waals surface area contributed by atoms with Gasteiger partial charge in [-0.1, -0.05) is 44.2 Å². The van der Waals surface area contributed by atoms with Crippen LogP contribution in [0.15, 0.2) is 30.3 Å². The quantitative estimate of drug-likeness (QED) is 0.357.